The van der Waals surface area contributed by atoms with Crippen molar-refractivity contribution in [1.29, 1.82) is 0 Å². The lowest BCUT2D eigenvalue weighted by Gasteiger charge is -2.46. The summed E-state index contributed by atoms with van der Waals surface area (Å²) in [6.07, 6.45) is 5.36. The van der Waals surface area contributed by atoms with Crippen LogP contribution in [0.1, 0.15) is 46.0 Å². The van der Waals surface area contributed by atoms with E-state index in [0.717, 1.165) is 51.9 Å². The summed E-state index contributed by atoms with van der Waals surface area (Å²) in [5, 5.41) is 13.3. The molecule has 0 radical (unpaired) electrons. The fourth-order valence-corrected chi connectivity index (χ4v) is 3.05. The highest BCUT2D eigenvalue weighted by molar-refractivity contribution is 4.98. The molecule has 0 aromatic heterocycles. The normalized spacial score (nSPS) is 41.2. The van der Waals surface area contributed by atoms with E-state index in [1.165, 1.54) is 0 Å². The van der Waals surface area contributed by atoms with Gasteiger partial charge in [0.1, 0.15) is 0 Å². The molecule has 0 bridgehead atoms. The van der Waals surface area contributed by atoms with Crippen LogP contribution in [0.25, 0.3) is 0 Å². The van der Waals surface area contributed by atoms with E-state index >= 15 is 0 Å². The van der Waals surface area contributed by atoms with Crippen molar-refractivity contribution in [2.24, 2.45) is 0 Å². The van der Waals surface area contributed by atoms with E-state index < -0.39 is 0 Å². The van der Waals surface area contributed by atoms with Gasteiger partial charge < -0.3 is 19.9 Å². The molecule has 0 aromatic rings. The van der Waals surface area contributed by atoms with Crippen LogP contribution in [0.5, 0.6) is 0 Å². The van der Waals surface area contributed by atoms with E-state index in [1.54, 1.807) is 0 Å². The van der Waals surface area contributed by atoms with Crippen molar-refractivity contribution in [2.75, 3.05) is 26.4 Å². The van der Waals surface area contributed by atoms with Gasteiger partial charge in [-0.05, 0) is 39.0 Å². The molecule has 106 valence electrons. The number of hydrogen-bond donors (Lipinski definition) is 2. The summed E-state index contributed by atoms with van der Waals surface area (Å²) >= 11 is 0. The molecule has 3 atom stereocenters. The highest BCUT2D eigenvalue weighted by Gasteiger charge is 2.42. The Morgan fingerprint density at radius 3 is 2.83 bits per heavy atom. The van der Waals surface area contributed by atoms with Crippen molar-refractivity contribution in [3.63, 3.8) is 0 Å². The molecule has 3 unspecified atom stereocenters. The number of nitrogens with one attached hydrogen (secondary N) is 1. The van der Waals surface area contributed by atoms with Crippen molar-refractivity contribution < 1.29 is 14.6 Å². The van der Waals surface area contributed by atoms with E-state index in [4.69, 9.17) is 9.47 Å². The van der Waals surface area contributed by atoms with Crippen molar-refractivity contribution in [1.82, 2.24) is 5.32 Å². The van der Waals surface area contributed by atoms with Crippen LogP contribution in [0.3, 0.4) is 0 Å². The van der Waals surface area contributed by atoms with Gasteiger partial charge in [-0.1, -0.05) is 6.92 Å². The van der Waals surface area contributed by atoms with Crippen LogP contribution in [-0.2, 0) is 9.47 Å². The average molecular weight is 257 g/mol. The molecule has 2 fully saturated rings. The Hall–Kier alpha value is -0.160. The minimum atomic E-state index is -0.186. The van der Waals surface area contributed by atoms with Crippen LogP contribution < -0.4 is 5.32 Å². The Morgan fingerprint density at radius 2 is 2.22 bits per heavy atom. The van der Waals surface area contributed by atoms with Crippen LogP contribution in [0.15, 0.2) is 0 Å². The summed E-state index contributed by atoms with van der Waals surface area (Å²) in [5.41, 5.74) is -0.292. The van der Waals surface area contributed by atoms with Gasteiger partial charge in [-0.25, -0.2) is 0 Å². The molecule has 4 heteroatoms. The highest BCUT2D eigenvalue weighted by Crippen LogP contribution is 2.34. The predicted molar refractivity (Wildman–Crippen MR) is 70.7 cm³/mol. The lowest BCUT2D eigenvalue weighted by molar-refractivity contribution is -0.112. The van der Waals surface area contributed by atoms with Gasteiger partial charge in [0, 0.05) is 25.3 Å². The molecule has 0 spiro atoms. The molecule has 0 saturated carbocycles. The molecule has 2 rings (SSSR count). The first-order valence-electron chi connectivity index (χ1n) is 7.23. The fourth-order valence-electron chi connectivity index (χ4n) is 3.05. The monoisotopic (exact) mass is 257 g/mol. The van der Waals surface area contributed by atoms with Crippen LogP contribution >= 0.6 is 0 Å². The number of aliphatic hydroxyl groups excluding tert-OH is 1. The third-order valence-corrected chi connectivity index (χ3v) is 4.52. The largest absolute Gasteiger partial charge is 0.394 e. The van der Waals surface area contributed by atoms with Crippen LogP contribution in [0, 0.1) is 0 Å². The van der Waals surface area contributed by atoms with E-state index in [2.05, 4.69) is 19.2 Å². The van der Waals surface area contributed by atoms with Crippen molar-refractivity contribution in [3.8, 4) is 0 Å². The van der Waals surface area contributed by atoms with E-state index in [0.29, 0.717) is 6.10 Å². The van der Waals surface area contributed by atoms with Crippen LogP contribution in [0.4, 0.5) is 0 Å². The van der Waals surface area contributed by atoms with Gasteiger partial charge in [-0.15, -0.1) is 0 Å². The van der Waals surface area contributed by atoms with E-state index in [9.17, 15) is 5.11 Å². The third kappa shape index (κ3) is 3.23. The molecule has 18 heavy (non-hydrogen) atoms. The van der Waals surface area contributed by atoms with Crippen molar-refractivity contribution in [3.05, 3.63) is 0 Å². The Morgan fingerprint density at radius 1 is 1.39 bits per heavy atom. The topological polar surface area (TPSA) is 50.7 Å². The zero-order valence-electron chi connectivity index (χ0n) is 11.7. The minimum absolute atomic E-state index is 0.107. The van der Waals surface area contributed by atoms with Gasteiger partial charge in [0.25, 0.3) is 0 Å². The van der Waals surface area contributed by atoms with Gasteiger partial charge >= 0.3 is 0 Å². The Labute approximate surface area is 110 Å². The Kier molecular flexibility index (Phi) is 4.64. The number of rotatable bonds is 5. The molecule has 2 saturated heterocycles. The number of ether oxygens (including phenoxy) is 2. The summed E-state index contributed by atoms with van der Waals surface area (Å²) in [5.74, 6) is 0. The summed E-state index contributed by atoms with van der Waals surface area (Å²) < 4.78 is 11.5. The first kappa shape index (κ1) is 14.3. The maximum atomic E-state index is 9.78. The molecule has 0 amide bonds. The maximum Gasteiger partial charge on any atom is 0.0700 e. The second-order valence-corrected chi connectivity index (χ2v) is 6.03. The second kappa shape index (κ2) is 5.87. The third-order valence-electron chi connectivity index (χ3n) is 4.52. The predicted octanol–water partition coefficient (Wildman–Crippen LogP) is 1.47. The first-order valence-corrected chi connectivity index (χ1v) is 7.23. The zero-order valence-corrected chi connectivity index (χ0v) is 11.7. The van der Waals surface area contributed by atoms with Crippen molar-refractivity contribution in [2.45, 2.75) is 63.2 Å². The Bertz CT molecular complexity index is 268. The molecule has 0 aliphatic carbocycles. The first-order chi connectivity index (χ1) is 8.61. The number of aliphatic hydroxyl groups is 1. The average Bonchev–Trinajstić information content (AvgIpc) is 2.90. The summed E-state index contributed by atoms with van der Waals surface area (Å²) in [7, 11) is 0. The maximum absolute atomic E-state index is 9.78. The quantitative estimate of drug-likeness (QED) is 0.783. The van der Waals surface area contributed by atoms with Gasteiger partial charge in [0.05, 0.1) is 18.3 Å². The molecular formula is C14H27NO3. The van der Waals surface area contributed by atoms with E-state index in [1.807, 2.05) is 0 Å². The van der Waals surface area contributed by atoms with Gasteiger partial charge in [-0.3, -0.25) is 0 Å². The molecule has 2 aliphatic rings. The van der Waals surface area contributed by atoms with Gasteiger partial charge in [0.2, 0.25) is 0 Å². The summed E-state index contributed by atoms with van der Waals surface area (Å²) in [6.45, 7) is 6.93. The van der Waals surface area contributed by atoms with E-state index in [-0.39, 0.29) is 17.7 Å². The van der Waals surface area contributed by atoms with Gasteiger partial charge in [0.15, 0.2) is 0 Å². The fraction of sp³-hybridized carbons (Fsp3) is 1.00. The second-order valence-electron chi connectivity index (χ2n) is 6.03. The molecule has 2 N–H and O–H groups in total. The Balaban J connectivity index is 1.91. The molecular weight excluding hydrogens is 230 g/mol. The molecule has 4 nitrogen and oxygen atoms in total. The summed E-state index contributed by atoms with van der Waals surface area (Å²) in [6, 6.07) is 0. The summed E-state index contributed by atoms with van der Waals surface area (Å²) in [4.78, 5) is 0. The van der Waals surface area contributed by atoms with Crippen molar-refractivity contribution >= 4 is 0 Å². The SMILES string of the molecule is CCC1(C)CC(CO)(NCC2CCCO2)CCO1. The standard InChI is InChI=1S/C14H27NO3/c1-3-13(2)10-14(11-16,6-8-18-13)15-9-12-5-4-7-17-12/h12,15-16H,3-11H2,1-2H3. The molecule has 0 aromatic carbocycles. The highest BCUT2D eigenvalue weighted by atomic mass is 16.5. The smallest absolute Gasteiger partial charge is 0.0700 e. The van der Waals surface area contributed by atoms with Crippen LogP contribution in [0.2, 0.25) is 0 Å². The minimum Gasteiger partial charge on any atom is -0.394 e. The van der Waals surface area contributed by atoms with Crippen LogP contribution in [-0.4, -0.2) is 48.7 Å². The molecule has 2 heterocycles. The lowest BCUT2D eigenvalue weighted by atomic mass is 9.79. The molecule has 2 aliphatic heterocycles. The lowest BCUT2D eigenvalue weighted by Crippen LogP contribution is -2.59. The van der Waals surface area contributed by atoms with Gasteiger partial charge in [-0.2, -0.15) is 0 Å². The number of hydrogen-bond acceptors (Lipinski definition) is 4. The zero-order chi connectivity index (χ0) is 13.1.